The van der Waals surface area contributed by atoms with E-state index < -0.39 is 0 Å². The number of nitrogens with two attached hydrogens (primary N) is 1. The van der Waals surface area contributed by atoms with Crippen LogP contribution in [0.2, 0.25) is 0 Å². The van der Waals surface area contributed by atoms with Gasteiger partial charge in [0.15, 0.2) is 11.5 Å². The van der Waals surface area contributed by atoms with Gasteiger partial charge in [-0.2, -0.15) is 0 Å². The van der Waals surface area contributed by atoms with Crippen LogP contribution in [-0.4, -0.2) is 20.1 Å². The molecule has 17 heavy (non-hydrogen) atoms. The highest BCUT2D eigenvalue weighted by molar-refractivity contribution is 7.20. The van der Waals surface area contributed by atoms with Crippen LogP contribution in [0.15, 0.2) is 18.2 Å². The minimum absolute atomic E-state index is 0. The van der Waals surface area contributed by atoms with Gasteiger partial charge in [-0.1, -0.05) is 0 Å². The Morgan fingerprint density at radius 3 is 2.29 bits per heavy atom. The number of benzene rings is 1. The third kappa shape index (κ3) is 2.45. The molecular weight excluding hydrogens is 260 g/mol. The number of methoxy groups -OCH3 is 2. The van der Waals surface area contributed by atoms with Crippen molar-refractivity contribution in [3.63, 3.8) is 0 Å². The summed E-state index contributed by atoms with van der Waals surface area (Å²) < 4.78 is 11.4. The third-order valence-electron chi connectivity index (χ3n) is 2.29. The molecule has 0 aliphatic rings. The van der Waals surface area contributed by atoms with Crippen LogP contribution in [0.1, 0.15) is 4.88 Å². The molecule has 0 radical (unpaired) electrons. The highest BCUT2D eigenvalue weighted by Crippen LogP contribution is 2.36. The van der Waals surface area contributed by atoms with Crippen LogP contribution < -0.4 is 15.2 Å². The number of hydrogen-bond acceptors (Lipinski definition) is 4. The van der Waals surface area contributed by atoms with Gasteiger partial charge in [0.1, 0.15) is 5.84 Å². The number of nitrogen functional groups attached to an aromatic ring is 1. The number of nitrogens with one attached hydrogen (secondary N) is 1. The number of amidine groups is 1. The first-order valence-electron chi connectivity index (χ1n) is 4.65. The molecule has 2 aromatic rings. The predicted molar refractivity (Wildman–Crippen MR) is 73.2 cm³/mol. The molecule has 0 aliphatic heterocycles. The Balaban J connectivity index is 0.00000144. The monoisotopic (exact) mass is 272 g/mol. The average Bonchev–Trinajstić information content (AvgIpc) is 2.69. The largest absolute Gasteiger partial charge is 0.493 e. The Hall–Kier alpha value is -1.46. The molecule has 1 heterocycles. The summed E-state index contributed by atoms with van der Waals surface area (Å²) in [5, 5.41) is 8.40. The van der Waals surface area contributed by atoms with Gasteiger partial charge in [0, 0.05) is 10.8 Å². The lowest BCUT2D eigenvalue weighted by Gasteiger charge is -2.06. The van der Waals surface area contributed by atoms with E-state index in [-0.39, 0.29) is 18.2 Å². The smallest absolute Gasteiger partial charge is 0.162 e. The lowest BCUT2D eigenvalue weighted by atomic mass is 10.2. The van der Waals surface area contributed by atoms with Gasteiger partial charge >= 0.3 is 0 Å². The fourth-order valence-corrected chi connectivity index (χ4v) is 2.43. The van der Waals surface area contributed by atoms with Crippen molar-refractivity contribution in [3.05, 3.63) is 23.1 Å². The average molecular weight is 273 g/mol. The summed E-state index contributed by atoms with van der Waals surface area (Å²) in [6.07, 6.45) is 0. The molecular formula is C11H13ClN2O2S. The van der Waals surface area contributed by atoms with Gasteiger partial charge < -0.3 is 15.2 Å². The summed E-state index contributed by atoms with van der Waals surface area (Å²) >= 11 is 1.47. The van der Waals surface area contributed by atoms with Crippen molar-refractivity contribution < 1.29 is 9.47 Å². The van der Waals surface area contributed by atoms with E-state index in [0.29, 0.717) is 11.5 Å². The van der Waals surface area contributed by atoms with E-state index in [1.807, 2.05) is 18.2 Å². The van der Waals surface area contributed by atoms with Gasteiger partial charge in [-0.05, 0) is 17.5 Å². The SMILES string of the molecule is COc1cc2cc(C(=N)N)sc2cc1OC.Cl. The van der Waals surface area contributed by atoms with E-state index in [9.17, 15) is 0 Å². The van der Waals surface area contributed by atoms with Gasteiger partial charge in [0.05, 0.1) is 19.1 Å². The van der Waals surface area contributed by atoms with Crippen molar-refractivity contribution in [2.24, 2.45) is 5.73 Å². The molecule has 92 valence electrons. The maximum atomic E-state index is 7.39. The molecule has 0 spiro atoms. The third-order valence-corrected chi connectivity index (χ3v) is 3.42. The van der Waals surface area contributed by atoms with Crippen molar-refractivity contribution in [1.82, 2.24) is 0 Å². The zero-order valence-corrected chi connectivity index (χ0v) is 11.1. The van der Waals surface area contributed by atoms with Crippen LogP contribution in [0.5, 0.6) is 11.5 Å². The molecule has 2 rings (SSSR count). The molecule has 4 nitrogen and oxygen atoms in total. The van der Waals surface area contributed by atoms with Crippen LogP contribution in [0, 0.1) is 5.41 Å². The second kappa shape index (κ2) is 5.25. The Labute approximate surface area is 109 Å². The molecule has 0 aliphatic carbocycles. The summed E-state index contributed by atoms with van der Waals surface area (Å²) in [7, 11) is 3.20. The van der Waals surface area contributed by atoms with Crippen molar-refractivity contribution >= 4 is 39.7 Å². The first-order valence-corrected chi connectivity index (χ1v) is 5.47. The molecule has 0 unspecified atom stereocenters. The molecule has 0 saturated carbocycles. The van der Waals surface area contributed by atoms with Gasteiger partial charge in [0.2, 0.25) is 0 Å². The van der Waals surface area contributed by atoms with Crippen LogP contribution >= 0.6 is 23.7 Å². The lowest BCUT2D eigenvalue weighted by Crippen LogP contribution is -2.08. The van der Waals surface area contributed by atoms with Crippen molar-refractivity contribution in [2.45, 2.75) is 0 Å². The molecule has 6 heteroatoms. The predicted octanol–water partition coefficient (Wildman–Crippen LogP) is 2.62. The zero-order chi connectivity index (χ0) is 11.7. The molecule has 0 saturated heterocycles. The fraction of sp³-hybridized carbons (Fsp3) is 0.182. The highest BCUT2D eigenvalue weighted by Gasteiger charge is 2.10. The molecule has 0 fully saturated rings. The van der Waals surface area contributed by atoms with E-state index in [0.717, 1.165) is 15.0 Å². The van der Waals surface area contributed by atoms with Crippen molar-refractivity contribution in [3.8, 4) is 11.5 Å². The summed E-state index contributed by atoms with van der Waals surface area (Å²) in [4.78, 5) is 0.755. The first-order chi connectivity index (χ1) is 7.65. The maximum absolute atomic E-state index is 7.39. The van der Waals surface area contributed by atoms with Crippen LogP contribution in [0.25, 0.3) is 10.1 Å². The Morgan fingerprint density at radius 2 is 1.76 bits per heavy atom. The van der Waals surface area contributed by atoms with Gasteiger partial charge in [-0.25, -0.2) is 0 Å². The molecule has 3 N–H and O–H groups in total. The fourth-order valence-electron chi connectivity index (χ4n) is 1.50. The number of thiophene rings is 1. The molecule has 1 aromatic carbocycles. The lowest BCUT2D eigenvalue weighted by molar-refractivity contribution is 0.356. The normalized spacial score (nSPS) is 9.76. The Bertz CT molecular complexity index is 513. The van der Waals surface area contributed by atoms with Crippen LogP contribution in [0.3, 0.4) is 0 Å². The number of rotatable bonds is 3. The molecule has 0 bridgehead atoms. The minimum atomic E-state index is 0. The second-order valence-corrected chi connectivity index (χ2v) is 4.35. The van der Waals surface area contributed by atoms with Gasteiger partial charge in [0.25, 0.3) is 0 Å². The first kappa shape index (κ1) is 13.6. The topological polar surface area (TPSA) is 68.3 Å². The van der Waals surface area contributed by atoms with E-state index >= 15 is 0 Å². The molecule has 0 atom stereocenters. The quantitative estimate of drug-likeness (QED) is 0.667. The number of halogens is 1. The van der Waals surface area contributed by atoms with Crippen molar-refractivity contribution in [1.29, 1.82) is 5.41 Å². The zero-order valence-electron chi connectivity index (χ0n) is 9.44. The summed E-state index contributed by atoms with van der Waals surface area (Å²) in [6.45, 7) is 0. The Kier molecular flexibility index (Phi) is 4.20. The molecule has 1 aromatic heterocycles. The van der Waals surface area contributed by atoms with E-state index in [1.165, 1.54) is 11.3 Å². The second-order valence-electron chi connectivity index (χ2n) is 3.27. The van der Waals surface area contributed by atoms with Crippen LogP contribution in [0.4, 0.5) is 0 Å². The van der Waals surface area contributed by atoms with Crippen LogP contribution in [-0.2, 0) is 0 Å². The minimum Gasteiger partial charge on any atom is -0.493 e. The van der Waals surface area contributed by atoms with Gasteiger partial charge in [-0.3, -0.25) is 5.41 Å². The summed E-state index contributed by atoms with van der Waals surface area (Å²) in [5.41, 5.74) is 5.45. The standard InChI is InChI=1S/C11H12N2O2S.ClH/c1-14-7-3-6-4-10(11(12)13)16-9(6)5-8(7)15-2;/h3-5H,1-2H3,(H3,12,13);1H. The van der Waals surface area contributed by atoms with E-state index in [4.69, 9.17) is 20.6 Å². The Morgan fingerprint density at radius 1 is 1.18 bits per heavy atom. The molecule has 0 amide bonds. The maximum Gasteiger partial charge on any atom is 0.162 e. The number of ether oxygens (including phenoxy) is 2. The number of fused-ring (bicyclic) bond motifs is 1. The van der Waals surface area contributed by atoms with Gasteiger partial charge in [-0.15, -0.1) is 23.7 Å². The van der Waals surface area contributed by atoms with E-state index in [2.05, 4.69) is 0 Å². The van der Waals surface area contributed by atoms with E-state index in [1.54, 1.807) is 14.2 Å². The number of hydrogen-bond donors (Lipinski definition) is 2. The van der Waals surface area contributed by atoms with Crippen molar-refractivity contribution in [2.75, 3.05) is 14.2 Å². The summed E-state index contributed by atoms with van der Waals surface area (Å²) in [5.74, 6) is 1.45. The highest BCUT2D eigenvalue weighted by atomic mass is 35.5. The summed E-state index contributed by atoms with van der Waals surface area (Å²) in [6, 6.07) is 5.66.